The van der Waals surface area contributed by atoms with Gasteiger partial charge in [0, 0.05) is 37.7 Å². The number of rotatable bonds is 2. The van der Waals surface area contributed by atoms with Gasteiger partial charge in [0.05, 0.1) is 12.2 Å². The molecule has 0 spiro atoms. The van der Waals surface area contributed by atoms with Gasteiger partial charge in [-0.25, -0.2) is 4.98 Å². The normalized spacial score (nSPS) is 13.6. The Morgan fingerprint density at radius 3 is 2.79 bits per heavy atom. The minimum Gasteiger partial charge on any atom is -0.364 e. The fraction of sp³-hybridized carbons (Fsp3) is 0.278. The Bertz CT molecular complexity index is 816. The first-order chi connectivity index (χ1) is 10.8. The minimum atomic E-state index is 0. The van der Waals surface area contributed by atoms with E-state index in [1.54, 1.807) is 0 Å². The summed E-state index contributed by atoms with van der Waals surface area (Å²) in [5, 5.41) is 3.49. The molecule has 0 atom stereocenters. The summed E-state index contributed by atoms with van der Waals surface area (Å²) in [4.78, 5) is 7.17. The van der Waals surface area contributed by atoms with Crippen LogP contribution < -0.4 is 10.2 Å². The number of hydrogen-bond acceptors (Lipinski definition) is 3. The number of halogens is 2. The number of aryl methyl sites for hydroxylation is 1. The van der Waals surface area contributed by atoms with Crippen LogP contribution in [0.5, 0.6) is 0 Å². The second-order valence-corrected chi connectivity index (χ2v) is 5.93. The zero-order valence-corrected chi connectivity index (χ0v) is 15.2. The van der Waals surface area contributed by atoms with Crippen LogP contribution in [0.25, 0.3) is 5.65 Å². The van der Waals surface area contributed by atoms with Crippen molar-refractivity contribution in [3.63, 3.8) is 0 Å². The van der Waals surface area contributed by atoms with Crippen LogP contribution in [-0.4, -0.2) is 22.5 Å². The van der Waals surface area contributed by atoms with Gasteiger partial charge in [0.25, 0.3) is 0 Å². The number of anilines is 1. The largest absolute Gasteiger partial charge is 0.364 e. The molecule has 4 rings (SSSR count). The van der Waals surface area contributed by atoms with Crippen LogP contribution in [0.3, 0.4) is 0 Å². The number of benzene rings is 1. The van der Waals surface area contributed by atoms with E-state index in [0.717, 1.165) is 37.5 Å². The molecule has 0 saturated carbocycles. The van der Waals surface area contributed by atoms with Crippen molar-refractivity contribution >= 4 is 36.1 Å². The lowest BCUT2D eigenvalue weighted by atomic mass is 10.1. The SMILES string of the molecule is Cc1ccc2nc(CN3CCNCc4ccccc43)cn2c1.Cl.Cl. The van der Waals surface area contributed by atoms with Crippen molar-refractivity contribution in [3.8, 4) is 0 Å². The average molecular weight is 365 g/mol. The summed E-state index contributed by atoms with van der Waals surface area (Å²) in [6, 6.07) is 12.8. The van der Waals surface area contributed by atoms with Crippen molar-refractivity contribution in [2.45, 2.75) is 20.0 Å². The number of fused-ring (bicyclic) bond motifs is 2. The van der Waals surface area contributed by atoms with Gasteiger partial charge in [0.1, 0.15) is 5.65 Å². The molecule has 0 amide bonds. The molecule has 1 aromatic carbocycles. The standard InChI is InChI=1S/C18H20N4.2ClH/c1-14-6-7-18-20-16(13-22(18)11-14)12-21-9-8-19-10-15-4-2-3-5-17(15)21;;/h2-7,11,13,19H,8-10,12H2,1H3;2*1H. The van der Waals surface area contributed by atoms with Gasteiger partial charge in [-0.2, -0.15) is 0 Å². The average Bonchev–Trinajstić information content (AvgIpc) is 2.80. The highest BCUT2D eigenvalue weighted by Gasteiger charge is 2.15. The maximum Gasteiger partial charge on any atom is 0.137 e. The number of imidazole rings is 1. The van der Waals surface area contributed by atoms with Crippen molar-refractivity contribution < 1.29 is 0 Å². The highest BCUT2D eigenvalue weighted by molar-refractivity contribution is 5.85. The molecule has 0 radical (unpaired) electrons. The molecule has 0 bridgehead atoms. The molecule has 1 aliphatic rings. The van der Waals surface area contributed by atoms with Crippen LogP contribution in [0.4, 0.5) is 5.69 Å². The second kappa shape index (κ2) is 7.88. The zero-order chi connectivity index (χ0) is 14.9. The molecular formula is C18H22Cl2N4. The predicted molar refractivity (Wildman–Crippen MR) is 104 cm³/mol. The van der Waals surface area contributed by atoms with Gasteiger partial charge in [-0.3, -0.25) is 0 Å². The van der Waals surface area contributed by atoms with Crippen LogP contribution >= 0.6 is 24.8 Å². The summed E-state index contributed by atoms with van der Waals surface area (Å²) in [6.45, 7) is 5.90. The number of para-hydroxylation sites is 1. The third-order valence-electron chi connectivity index (χ3n) is 4.21. The van der Waals surface area contributed by atoms with E-state index in [1.165, 1.54) is 16.8 Å². The quantitative estimate of drug-likeness (QED) is 0.753. The molecule has 128 valence electrons. The number of pyridine rings is 1. The Hall–Kier alpha value is -1.75. The fourth-order valence-corrected chi connectivity index (χ4v) is 3.12. The second-order valence-electron chi connectivity index (χ2n) is 5.93. The van der Waals surface area contributed by atoms with Crippen molar-refractivity contribution in [1.29, 1.82) is 0 Å². The molecule has 24 heavy (non-hydrogen) atoms. The van der Waals surface area contributed by atoms with E-state index >= 15 is 0 Å². The van der Waals surface area contributed by atoms with Gasteiger partial charge in [0.2, 0.25) is 0 Å². The van der Waals surface area contributed by atoms with E-state index in [-0.39, 0.29) is 24.8 Å². The molecule has 6 heteroatoms. The summed E-state index contributed by atoms with van der Waals surface area (Å²) in [6.07, 6.45) is 4.27. The molecule has 4 nitrogen and oxygen atoms in total. The Morgan fingerprint density at radius 1 is 1.08 bits per heavy atom. The molecular weight excluding hydrogens is 343 g/mol. The lowest BCUT2D eigenvalue weighted by molar-refractivity contribution is 0.686. The molecule has 0 saturated heterocycles. The van der Waals surface area contributed by atoms with Crippen LogP contribution in [0, 0.1) is 6.92 Å². The Morgan fingerprint density at radius 2 is 1.92 bits per heavy atom. The van der Waals surface area contributed by atoms with E-state index in [1.807, 2.05) is 0 Å². The number of nitrogens with one attached hydrogen (secondary N) is 1. The highest BCUT2D eigenvalue weighted by Crippen LogP contribution is 2.23. The molecule has 3 aromatic rings. The maximum atomic E-state index is 4.75. The lowest BCUT2D eigenvalue weighted by Crippen LogP contribution is -2.28. The van der Waals surface area contributed by atoms with Crippen molar-refractivity contribution in [1.82, 2.24) is 14.7 Å². The van der Waals surface area contributed by atoms with Gasteiger partial charge in [0.15, 0.2) is 0 Å². The van der Waals surface area contributed by atoms with E-state index in [9.17, 15) is 0 Å². The first-order valence-electron chi connectivity index (χ1n) is 7.77. The van der Waals surface area contributed by atoms with Crippen molar-refractivity contribution in [2.75, 3.05) is 18.0 Å². The molecule has 3 heterocycles. The summed E-state index contributed by atoms with van der Waals surface area (Å²) in [5.41, 5.74) is 6.06. The van der Waals surface area contributed by atoms with Crippen LogP contribution in [0.2, 0.25) is 0 Å². The van der Waals surface area contributed by atoms with Crippen LogP contribution in [0.15, 0.2) is 48.8 Å². The summed E-state index contributed by atoms with van der Waals surface area (Å²) < 4.78 is 2.12. The molecule has 1 N–H and O–H groups in total. The molecule has 0 aliphatic carbocycles. The third-order valence-corrected chi connectivity index (χ3v) is 4.21. The topological polar surface area (TPSA) is 32.6 Å². The Labute approximate surface area is 154 Å². The Balaban J connectivity index is 0.00000104. The predicted octanol–water partition coefficient (Wildman–Crippen LogP) is 3.60. The monoisotopic (exact) mass is 364 g/mol. The Kier molecular flexibility index (Phi) is 6.10. The number of nitrogens with zero attached hydrogens (tertiary/aromatic N) is 3. The molecule has 0 unspecified atom stereocenters. The summed E-state index contributed by atoms with van der Waals surface area (Å²) in [7, 11) is 0. The molecule has 1 aliphatic heterocycles. The van der Waals surface area contributed by atoms with Gasteiger partial charge in [-0.15, -0.1) is 24.8 Å². The third kappa shape index (κ3) is 3.66. The van der Waals surface area contributed by atoms with E-state index in [4.69, 9.17) is 4.98 Å². The molecule has 0 fully saturated rings. The number of hydrogen-bond donors (Lipinski definition) is 1. The first kappa shape index (κ1) is 18.6. The van der Waals surface area contributed by atoms with Gasteiger partial charge in [-0.1, -0.05) is 24.3 Å². The van der Waals surface area contributed by atoms with Crippen molar-refractivity contribution in [3.05, 3.63) is 65.6 Å². The maximum absolute atomic E-state index is 4.75. The number of aromatic nitrogens is 2. The zero-order valence-electron chi connectivity index (χ0n) is 13.6. The van der Waals surface area contributed by atoms with Gasteiger partial charge >= 0.3 is 0 Å². The lowest BCUT2D eigenvalue weighted by Gasteiger charge is -2.23. The highest BCUT2D eigenvalue weighted by atomic mass is 35.5. The van der Waals surface area contributed by atoms with E-state index < -0.39 is 0 Å². The van der Waals surface area contributed by atoms with Crippen molar-refractivity contribution in [2.24, 2.45) is 0 Å². The molecule has 2 aromatic heterocycles. The van der Waals surface area contributed by atoms with E-state index in [0.29, 0.717) is 0 Å². The van der Waals surface area contributed by atoms with Crippen LogP contribution in [0.1, 0.15) is 16.8 Å². The van der Waals surface area contributed by atoms with Crippen LogP contribution in [-0.2, 0) is 13.1 Å². The van der Waals surface area contributed by atoms with Gasteiger partial charge < -0.3 is 14.6 Å². The smallest absolute Gasteiger partial charge is 0.137 e. The van der Waals surface area contributed by atoms with Gasteiger partial charge in [-0.05, 0) is 30.2 Å². The first-order valence-corrected chi connectivity index (χ1v) is 7.77. The minimum absolute atomic E-state index is 0. The summed E-state index contributed by atoms with van der Waals surface area (Å²) >= 11 is 0. The van der Waals surface area contributed by atoms with E-state index in [2.05, 4.69) is 70.3 Å². The summed E-state index contributed by atoms with van der Waals surface area (Å²) in [5.74, 6) is 0. The fourth-order valence-electron chi connectivity index (χ4n) is 3.12.